The van der Waals surface area contributed by atoms with E-state index in [1.807, 2.05) is 64.9 Å². The normalized spacial score (nSPS) is 16.4. The second-order valence-electron chi connectivity index (χ2n) is 7.61. The van der Waals surface area contributed by atoms with Gasteiger partial charge in [-0.3, -0.25) is 9.20 Å². The first-order chi connectivity index (χ1) is 14.7. The third-order valence-corrected chi connectivity index (χ3v) is 5.54. The topological polar surface area (TPSA) is 89.4 Å². The number of likely N-dealkylation sites (tertiary alicyclic amines) is 1. The average molecular weight is 402 g/mol. The van der Waals surface area contributed by atoms with Crippen molar-refractivity contribution in [3.05, 3.63) is 65.9 Å². The summed E-state index contributed by atoms with van der Waals surface area (Å²) in [5, 5.41) is 12.6. The Morgan fingerprint density at radius 2 is 2.03 bits per heavy atom. The van der Waals surface area contributed by atoms with E-state index >= 15 is 0 Å². The Kier molecular flexibility index (Phi) is 4.74. The van der Waals surface area contributed by atoms with Gasteiger partial charge in [0.2, 0.25) is 17.6 Å². The van der Waals surface area contributed by atoms with Crippen LogP contribution in [-0.4, -0.2) is 42.1 Å². The molecular weight excluding hydrogens is 380 g/mol. The van der Waals surface area contributed by atoms with E-state index in [2.05, 4.69) is 20.3 Å². The number of hydrogen-bond donors (Lipinski definition) is 0. The smallest absolute Gasteiger partial charge is 0.227 e. The van der Waals surface area contributed by atoms with Gasteiger partial charge in [-0.25, -0.2) is 0 Å². The summed E-state index contributed by atoms with van der Waals surface area (Å²) in [6, 6.07) is 13.7. The van der Waals surface area contributed by atoms with Crippen LogP contribution in [0.25, 0.3) is 17.0 Å². The highest BCUT2D eigenvalue weighted by atomic mass is 16.5. The molecule has 3 aromatic heterocycles. The Bertz CT molecular complexity index is 1180. The molecule has 1 saturated heterocycles. The Morgan fingerprint density at radius 3 is 2.90 bits per heavy atom. The quantitative estimate of drug-likeness (QED) is 0.508. The molecule has 0 aliphatic carbocycles. The standard InChI is InChI=1S/C22H22N6O2/c1-15-7-9-16(10-8-15)21-23-19(30-26-21)11-12-20(29)27-14-4-5-17(27)22-25-24-18-6-2-3-13-28(18)22/h2-3,6-10,13,17H,4-5,11-12,14H2,1H3/t17-/m1/s1. The molecule has 0 bridgehead atoms. The number of nitrogens with zero attached hydrogens (tertiary/aromatic N) is 6. The van der Waals surface area contributed by atoms with Crippen LogP contribution in [0.3, 0.4) is 0 Å². The number of rotatable bonds is 5. The minimum atomic E-state index is -0.0549. The molecule has 0 radical (unpaired) electrons. The van der Waals surface area contributed by atoms with Gasteiger partial charge < -0.3 is 9.42 Å². The highest BCUT2D eigenvalue weighted by Crippen LogP contribution is 2.31. The Morgan fingerprint density at radius 1 is 1.17 bits per heavy atom. The zero-order chi connectivity index (χ0) is 20.5. The van der Waals surface area contributed by atoms with Crippen molar-refractivity contribution in [2.24, 2.45) is 0 Å². The van der Waals surface area contributed by atoms with E-state index in [4.69, 9.17) is 4.52 Å². The van der Waals surface area contributed by atoms with Crippen LogP contribution >= 0.6 is 0 Å². The number of pyridine rings is 1. The van der Waals surface area contributed by atoms with Crippen molar-refractivity contribution in [3.8, 4) is 11.4 Å². The molecule has 5 rings (SSSR count). The molecule has 8 heteroatoms. The third-order valence-electron chi connectivity index (χ3n) is 5.54. The Balaban J connectivity index is 1.27. The van der Waals surface area contributed by atoms with Crippen molar-refractivity contribution in [2.75, 3.05) is 6.54 Å². The van der Waals surface area contributed by atoms with E-state index in [1.165, 1.54) is 5.56 Å². The van der Waals surface area contributed by atoms with Gasteiger partial charge in [-0.2, -0.15) is 4.98 Å². The molecule has 30 heavy (non-hydrogen) atoms. The van der Waals surface area contributed by atoms with Crippen molar-refractivity contribution in [1.29, 1.82) is 0 Å². The van der Waals surface area contributed by atoms with Gasteiger partial charge in [-0.1, -0.05) is 41.1 Å². The number of fused-ring (bicyclic) bond motifs is 1. The molecule has 0 N–H and O–H groups in total. The first kappa shape index (κ1) is 18.5. The van der Waals surface area contributed by atoms with Gasteiger partial charge in [0.15, 0.2) is 11.5 Å². The number of aromatic nitrogens is 5. The summed E-state index contributed by atoms with van der Waals surface area (Å²) in [6.07, 6.45) is 4.52. The second-order valence-corrected chi connectivity index (χ2v) is 7.61. The number of aryl methyl sites for hydroxylation is 2. The van der Waals surface area contributed by atoms with Gasteiger partial charge in [0, 0.05) is 31.1 Å². The van der Waals surface area contributed by atoms with Gasteiger partial charge in [0.25, 0.3) is 0 Å². The maximum absolute atomic E-state index is 13.0. The molecule has 0 unspecified atom stereocenters. The molecule has 1 aliphatic rings. The third kappa shape index (κ3) is 3.45. The number of carbonyl (C=O) groups excluding carboxylic acids is 1. The van der Waals surface area contributed by atoms with Crippen LogP contribution in [-0.2, 0) is 11.2 Å². The second kappa shape index (κ2) is 7.70. The monoisotopic (exact) mass is 402 g/mol. The molecule has 4 heterocycles. The predicted octanol–water partition coefficient (Wildman–Crippen LogP) is 3.38. The highest BCUT2D eigenvalue weighted by Gasteiger charge is 2.33. The first-order valence-electron chi connectivity index (χ1n) is 10.2. The maximum atomic E-state index is 13.0. The zero-order valence-corrected chi connectivity index (χ0v) is 16.7. The van der Waals surface area contributed by atoms with Crippen LogP contribution < -0.4 is 0 Å². The van der Waals surface area contributed by atoms with E-state index in [9.17, 15) is 4.79 Å². The fourth-order valence-electron chi connectivity index (χ4n) is 3.95. The summed E-state index contributed by atoms with van der Waals surface area (Å²) in [5.41, 5.74) is 2.87. The van der Waals surface area contributed by atoms with Gasteiger partial charge in [0.1, 0.15) is 0 Å². The van der Waals surface area contributed by atoms with E-state index in [0.29, 0.717) is 24.6 Å². The van der Waals surface area contributed by atoms with Crippen LogP contribution in [0.4, 0.5) is 0 Å². The molecule has 1 amide bonds. The Labute approximate surface area is 173 Å². The van der Waals surface area contributed by atoms with Gasteiger partial charge in [-0.05, 0) is 31.9 Å². The van der Waals surface area contributed by atoms with Crippen LogP contribution in [0.2, 0.25) is 0 Å². The summed E-state index contributed by atoms with van der Waals surface area (Å²) in [5.74, 6) is 1.91. The molecular formula is C22H22N6O2. The lowest BCUT2D eigenvalue weighted by Crippen LogP contribution is -2.31. The van der Waals surface area contributed by atoms with Crippen LogP contribution in [0.5, 0.6) is 0 Å². The number of amides is 1. The molecule has 152 valence electrons. The lowest BCUT2D eigenvalue weighted by molar-refractivity contribution is -0.132. The number of carbonyl (C=O) groups is 1. The van der Waals surface area contributed by atoms with Crippen LogP contribution in [0, 0.1) is 6.92 Å². The van der Waals surface area contributed by atoms with Crippen molar-refractivity contribution in [1.82, 2.24) is 29.6 Å². The summed E-state index contributed by atoms with van der Waals surface area (Å²) in [4.78, 5) is 19.3. The van der Waals surface area contributed by atoms with Crippen molar-refractivity contribution >= 4 is 11.6 Å². The van der Waals surface area contributed by atoms with Crippen molar-refractivity contribution < 1.29 is 9.32 Å². The van der Waals surface area contributed by atoms with Gasteiger partial charge in [-0.15, -0.1) is 10.2 Å². The molecule has 1 aromatic carbocycles. The number of hydrogen-bond acceptors (Lipinski definition) is 6. The minimum absolute atomic E-state index is 0.0549. The lowest BCUT2D eigenvalue weighted by Gasteiger charge is -2.23. The first-order valence-corrected chi connectivity index (χ1v) is 10.2. The van der Waals surface area contributed by atoms with Crippen molar-refractivity contribution in [2.45, 2.75) is 38.6 Å². The zero-order valence-electron chi connectivity index (χ0n) is 16.7. The van der Waals surface area contributed by atoms with Gasteiger partial charge in [0.05, 0.1) is 6.04 Å². The fourth-order valence-corrected chi connectivity index (χ4v) is 3.95. The largest absolute Gasteiger partial charge is 0.339 e. The highest BCUT2D eigenvalue weighted by molar-refractivity contribution is 5.77. The molecule has 0 spiro atoms. The molecule has 8 nitrogen and oxygen atoms in total. The Hall–Kier alpha value is -3.55. The summed E-state index contributed by atoms with van der Waals surface area (Å²) in [7, 11) is 0. The summed E-state index contributed by atoms with van der Waals surface area (Å²) in [6.45, 7) is 2.76. The van der Waals surface area contributed by atoms with E-state index < -0.39 is 0 Å². The number of benzene rings is 1. The van der Waals surface area contributed by atoms with E-state index in [-0.39, 0.29) is 11.9 Å². The van der Waals surface area contributed by atoms with Crippen molar-refractivity contribution in [3.63, 3.8) is 0 Å². The minimum Gasteiger partial charge on any atom is -0.339 e. The van der Waals surface area contributed by atoms with E-state index in [1.54, 1.807) is 0 Å². The molecule has 4 aromatic rings. The lowest BCUT2D eigenvalue weighted by atomic mass is 10.1. The predicted molar refractivity (Wildman–Crippen MR) is 109 cm³/mol. The van der Waals surface area contributed by atoms with E-state index in [0.717, 1.165) is 36.4 Å². The maximum Gasteiger partial charge on any atom is 0.227 e. The molecule has 1 atom stereocenters. The SMILES string of the molecule is Cc1ccc(-c2noc(CCC(=O)N3CCC[C@@H]3c3nnc4ccccn34)n2)cc1. The average Bonchev–Trinajstić information content (AvgIpc) is 3.51. The van der Waals surface area contributed by atoms with Crippen LogP contribution in [0.1, 0.15) is 42.6 Å². The molecule has 0 saturated carbocycles. The summed E-state index contributed by atoms with van der Waals surface area (Å²) >= 11 is 0. The van der Waals surface area contributed by atoms with Crippen LogP contribution in [0.15, 0.2) is 53.2 Å². The fraction of sp³-hybridized carbons (Fsp3) is 0.318. The summed E-state index contributed by atoms with van der Waals surface area (Å²) < 4.78 is 7.32. The molecule has 1 aliphatic heterocycles. The van der Waals surface area contributed by atoms with Gasteiger partial charge >= 0.3 is 0 Å². The molecule has 1 fully saturated rings.